The van der Waals surface area contributed by atoms with Crippen molar-refractivity contribution in [2.24, 2.45) is 5.73 Å². The molecule has 7 nitrogen and oxygen atoms in total. The third-order valence-corrected chi connectivity index (χ3v) is 3.35. The van der Waals surface area contributed by atoms with E-state index < -0.39 is 29.0 Å². The van der Waals surface area contributed by atoms with Crippen LogP contribution in [0.3, 0.4) is 0 Å². The third-order valence-electron chi connectivity index (χ3n) is 3.35. The van der Waals surface area contributed by atoms with Crippen LogP contribution in [0, 0.1) is 6.92 Å². The van der Waals surface area contributed by atoms with Gasteiger partial charge in [0.25, 0.3) is 0 Å². The summed E-state index contributed by atoms with van der Waals surface area (Å²) in [6.07, 6.45) is -0.202. The van der Waals surface area contributed by atoms with Gasteiger partial charge in [-0.3, -0.25) is 9.59 Å². The molecule has 1 atom stereocenters. The summed E-state index contributed by atoms with van der Waals surface area (Å²) in [5.74, 6) is -2.92. The molecule has 2 aromatic rings. The number of hydrogen-bond acceptors (Lipinski definition) is 5. The van der Waals surface area contributed by atoms with Crippen molar-refractivity contribution in [3.05, 3.63) is 63.2 Å². The fourth-order valence-corrected chi connectivity index (χ4v) is 2.28. The van der Waals surface area contributed by atoms with Crippen LogP contribution in [0.5, 0.6) is 5.75 Å². The van der Waals surface area contributed by atoms with Gasteiger partial charge in [-0.05, 0) is 24.6 Å². The highest BCUT2D eigenvalue weighted by atomic mass is 16.4. The zero-order chi connectivity index (χ0) is 17.1. The molecule has 7 heteroatoms. The first kappa shape index (κ1) is 16.3. The fraction of sp³-hybridized carbons (Fsp3) is 0.188. The van der Waals surface area contributed by atoms with Crippen LogP contribution in [-0.2, 0) is 4.79 Å². The van der Waals surface area contributed by atoms with Crippen molar-refractivity contribution in [3.63, 3.8) is 0 Å². The van der Waals surface area contributed by atoms with E-state index in [2.05, 4.69) is 0 Å². The number of carboxylic acids is 1. The highest BCUT2D eigenvalue weighted by molar-refractivity contribution is 5.87. The van der Waals surface area contributed by atoms with Crippen molar-refractivity contribution in [3.8, 4) is 5.75 Å². The molecule has 0 radical (unpaired) electrons. The maximum atomic E-state index is 11.7. The average molecular weight is 317 g/mol. The number of aromatic carboxylic acids is 1. The Kier molecular flexibility index (Phi) is 4.49. The minimum Gasteiger partial charge on any atom is -0.502 e. The van der Waals surface area contributed by atoms with Gasteiger partial charge in [0.05, 0.1) is 11.5 Å². The number of carbonyl (C=O) groups excluding carboxylic acids is 1. The first-order chi connectivity index (χ1) is 10.8. The summed E-state index contributed by atoms with van der Waals surface area (Å²) in [6.45, 7) is 1.54. The maximum Gasteiger partial charge on any atom is 0.335 e. The SMILES string of the molecule is Cc1cc(=O)c(O)c(C(CC(N)=O)c2ccc(C(=O)O)cc2)o1. The number of amides is 1. The van der Waals surface area contributed by atoms with Crippen LogP contribution in [0.4, 0.5) is 0 Å². The Morgan fingerprint density at radius 1 is 1.26 bits per heavy atom. The highest BCUT2D eigenvalue weighted by Crippen LogP contribution is 2.32. The summed E-state index contributed by atoms with van der Waals surface area (Å²) in [6, 6.07) is 6.82. The lowest BCUT2D eigenvalue weighted by Crippen LogP contribution is -2.18. The highest BCUT2D eigenvalue weighted by Gasteiger charge is 2.25. The molecule has 1 aromatic carbocycles. The number of carboxylic acid groups (broad SMARTS) is 1. The number of rotatable bonds is 5. The van der Waals surface area contributed by atoms with E-state index in [1.165, 1.54) is 24.3 Å². The molecule has 0 aliphatic carbocycles. The second kappa shape index (κ2) is 6.35. The second-order valence-corrected chi connectivity index (χ2v) is 5.08. The Bertz CT molecular complexity index is 806. The van der Waals surface area contributed by atoms with Gasteiger partial charge in [0.2, 0.25) is 17.1 Å². The number of hydrogen-bond donors (Lipinski definition) is 3. The summed E-state index contributed by atoms with van der Waals surface area (Å²) < 4.78 is 5.41. The molecule has 23 heavy (non-hydrogen) atoms. The summed E-state index contributed by atoms with van der Waals surface area (Å²) in [4.78, 5) is 34.0. The Labute approximate surface area is 131 Å². The molecule has 0 fully saturated rings. The van der Waals surface area contributed by atoms with Crippen molar-refractivity contribution < 1.29 is 24.2 Å². The topological polar surface area (TPSA) is 131 Å². The van der Waals surface area contributed by atoms with Crippen LogP contribution in [0.2, 0.25) is 0 Å². The van der Waals surface area contributed by atoms with Gasteiger partial charge in [-0.2, -0.15) is 0 Å². The summed E-state index contributed by atoms with van der Waals surface area (Å²) in [5.41, 5.74) is 5.18. The molecule has 0 spiro atoms. The van der Waals surface area contributed by atoms with Gasteiger partial charge in [0.1, 0.15) is 5.76 Å². The predicted molar refractivity (Wildman–Crippen MR) is 80.4 cm³/mol. The van der Waals surface area contributed by atoms with Crippen LogP contribution in [0.15, 0.2) is 39.5 Å². The molecule has 1 unspecified atom stereocenters. The van der Waals surface area contributed by atoms with Crippen LogP contribution in [-0.4, -0.2) is 22.1 Å². The smallest absolute Gasteiger partial charge is 0.335 e. The fourth-order valence-electron chi connectivity index (χ4n) is 2.28. The number of benzene rings is 1. The van der Waals surface area contributed by atoms with E-state index in [0.29, 0.717) is 5.56 Å². The Morgan fingerprint density at radius 2 is 1.87 bits per heavy atom. The van der Waals surface area contributed by atoms with Crippen molar-refractivity contribution in [2.75, 3.05) is 0 Å². The third kappa shape index (κ3) is 3.57. The van der Waals surface area contributed by atoms with E-state index in [4.69, 9.17) is 15.3 Å². The Hall–Kier alpha value is -3.09. The van der Waals surface area contributed by atoms with Gasteiger partial charge in [-0.15, -0.1) is 0 Å². The normalized spacial score (nSPS) is 11.9. The molecule has 4 N–H and O–H groups in total. The minimum absolute atomic E-state index is 0.0708. The molecule has 0 aliphatic rings. The summed E-state index contributed by atoms with van der Waals surface area (Å²) >= 11 is 0. The van der Waals surface area contributed by atoms with Crippen molar-refractivity contribution in [2.45, 2.75) is 19.3 Å². The molecular weight excluding hydrogens is 302 g/mol. The number of nitrogens with two attached hydrogens (primary N) is 1. The van der Waals surface area contributed by atoms with Crippen molar-refractivity contribution in [1.82, 2.24) is 0 Å². The molecule has 120 valence electrons. The van der Waals surface area contributed by atoms with Crippen LogP contribution in [0.1, 0.15) is 39.8 Å². The maximum absolute atomic E-state index is 11.7. The van der Waals surface area contributed by atoms with E-state index in [9.17, 15) is 19.5 Å². The van der Waals surface area contributed by atoms with Gasteiger partial charge in [0.15, 0.2) is 5.76 Å². The lowest BCUT2D eigenvalue weighted by molar-refractivity contribution is -0.118. The molecular formula is C16H15NO6. The predicted octanol–water partition coefficient (Wildman–Crippen LogP) is 1.36. The molecule has 0 saturated heterocycles. The summed E-state index contributed by atoms with van der Waals surface area (Å²) in [7, 11) is 0. The molecule has 2 rings (SSSR count). The Morgan fingerprint density at radius 3 is 2.39 bits per heavy atom. The van der Waals surface area contributed by atoms with Crippen LogP contribution < -0.4 is 11.2 Å². The molecule has 1 aromatic heterocycles. The van der Waals surface area contributed by atoms with E-state index in [1.54, 1.807) is 6.92 Å². The number of carbonyl (C=O) groups is 2. The first-order valence-corrected chi connectivity index (χ1v) is 6.74. The quantitative estimate of drug-likeness (QED) is 0.763. The lowest BCUT2D eigenvalue weighted by atomic mass is 9.91. The Balaban J connectivity index is 2.55. The zero-order valence-corrected chi connectivity index (χ0v) is 12.3. The van der Waals surface area contributed by atoms with Gasteiger partial charge < -0.3 is 20.4 Å². The van der Waals surface area contributed by atoms with E-state index in [1.807, 2.05) is 0 Å². The number of aryl methyl sites for hydroxylation is 1. The molecule has 0 bridgehead atoms. The zero-order valence-electron chi connectivity index (χ0n) is 12.3. The largest absolute Gasteiger partial charge is 0.502 e. The minimum atomic E-state index is -1.09. The van der Waals surface area contributed by atoms with E-state index >= 15 is 0 Å². The standard InChI is InChI=1S/C16H15NO6/c1-8-6-12(18)14(20)15(23-8)11(7-13(17)19)9-2-4-10(5-3-9)16(21)22/h2-6,11,20H,7H2,1H3,(H2,17,19)(H,21,22). The molecule has 0 saturated carbocycles. The molecule has 0 aliphatic heterocycles. The monoisotopic (exact) mass is 317 g/mol. The van der Waals surface area contributed by atoms with Crippen molar-refractivity contribution >= 4 is 11.9 Å². The second-order valence-electron chi connectivity index (χ2n) is 5.08. The lowest BCUT2D eigenvalue weighted by Gasteiger charge is -2.16. The van der Waals surface area contributed by atoms with Crippen molar-refractivity contribution in [1.29, 1.82) is 0 Å². The molecule has 1 heterocycles. The van der Waals surface area contributed by atoms with Crippen LogP contribution >= 0.6 is 0 Å². The first-order valence-electron chi connectivity index (χ1n) is 6.74. The van der Waals surface area contributed by atoms with E-state index in [0.717, 1.165) is 6.07 Å². The van der Waals surface area contributed by atoms with Gasteiger partial charge >= 0.3 is 5.97 Å². The van der Waals surface area contributed by atoms with Gasteiger partial charge in [-0.25, -0.2) is 4.79 Å². The number of aromatic hydroxyl groups is 1. The van der Waals surface area contributed by atoms with Crippen LogP contribution in [0.25, 0.3) is 0 Å². The number of primary amides is 1. The van der Waals surface area contributed by atoms with Gasteiger partial charge in [-0.1, -0.05) is 12.1 Å². The summed E-state index contributed by atoms with van der Waals surface area (Å²) in [5, 5.41) is 18.9. The average Bonchev–Trinajstić information content (AvgIpc) is 2.48. The van der Waals surface area contributed by atoms with Gasteiger partial charge in [0, 0.05) is 12.5 Å². The molecule has 1 amide bonds. The van der Waals surface area contributed by atoms with E-state index in [-0.39, 0.29) is 23.5 Å².